The van der Waals surface area contributed by atoms with Crippen LogP contribution in [0.5, 0.6) is 0 Å². The summed E-state index contributed by atoms with van der Waals surface area (Å²) in [7, 11) is 0. The largest absolute Gasteiger partial charge is 0.349 e. The Balaban J connectivity index is 1.60. The summed E-state index contributed by atoms with van der Waals surface area (Å²) in [5.41, 5.74) is 3.36. The van der Waals surface area contributed by atoms with Gasteiger partial charge >= 0.3 is 0 Å². The molecule has 7 heteroatoms. The lowest BCUT2D eigenvalue weighted by molar-refractivity contribution is 0.0947. The van der Waals surface area contributed by atoms with Crippen molar-refractivity contribution < 1.29 is 4.79 Å². The smallest absolute Gasteiger partial charge is 0.269 e. The summed E-state index contributed by atoms with van der Waals surface area (Å²) >= 11 is 0. The fourth-order valence-electron chi connectivity index (χ4n) is 2.23. The summed E-state index contributed by atoms with van der Waals surface area (Å²) in [5, 5.41) is 17.5. The van der Waals surface area contributed by atoms with E-state index in [0.717, 1.165) is 17.1 Å². The Hall–Kier alpha value is -2.96. The molecule has 0 spiro atoms. The van der Waals surface area contributed by atoms with Gasteiger partial charge in [0.2, 0.25) is 0 Å². The van der Waals surface area contributed by atoms with Crippen molar-refractivity contribution in [1.82, 2.24) is 30.3 Å². The van der Waals surface area contributed by atoms with Crippen molar-refractivity contribution in [3.8, 4) is 11.3 Å². The lowest BCUT2D eigenvalue weighted by Crippen LogP contribution is -2.27. The monoisotopic (exact) mass is 310 g/mol. The molecule has 0 saturated heterocycles. The van der Waals surface area contributed by atoms with Crippen LogP contribution in [-0.4, -0.2) is 37.4 Å². The van der Waals surface area contributed by atoms with Gasteiger partial charge in [-0.05, 0) is 19.9 Å². The lowest BCUT2D eigenvalue weighted by atomic mass is 10.1. The molecule has 0 aliphatic rings. The van der Waals surface area contributed by atoms with E-state index in [2.05, 4.69) is 25.7 Å². The highest BCUT2D eigenvalue weighted by Gasteiger charge is 2.10. The minimum Gasteiger partial charge on any atom is -0.349 e. The van der Waals surface area contributed by atoms with Gasteiger partial charge in [0.15, 0.2) is 0 Å². The topological polar surface area (TPSA) is 88.5 Å². The second kappa shape index (κ2) is 6.43. The number of hydrogen-bond acceptors (Lipinski definition) is 4. The molecule has 7 nitrogen and oxygen atoms in total. The van der Waals surface area contributed by atoms with Gasteiger partial charge in [-0.25, -0.2) is 0 Å². The van der Waals surface area contributed by atoms with Gasteiger partial charge in [0.25, 0.3) is 5.91 Å². The third-order valence-corrected chi connectivity index (χ3v) is 3.62. The van der Waals surface area contributed by atoms with Gasteiger partial charge in [-0.2, -0.15) is 5.10 Å². The van der Waals surface area contributed by atoms with Crippen LogP contribution in [0.3, 0.4) is 0 Å². The van der Waals surface area contributed by atoms with E-state index in [9.17, 15) is 4.79 Å². The molecule has 0 fully saturated rings. The van der Waals surface area contributed by atoms with Crippen LogP contribution in [-0.2, 0) is 6.54 Å². The Morgan fingerprint density at radius 2 is 2.04 bits per heavy atom. The number of carbonyl (C=O) groups excluding carboxylic acids is 1. The maximum absolute atomic E-state index is 12.1. The van der Waals surface area contributed by atoms with Crippen LogP contribution in [0, 0.1) is 13.8 Å². The zero-order chi connectivity index (χ0) is 16.2. The van der Waals surface area contributed by atoms with Gasteiger partial charge < -0.3 is 9.88 Å². The third kappa shape index (κ3) is 3.45. The first-order valence-electron chi connectivity index (χ1n) is 7.38. The van der Waals surface area contributed by atoms with Crippen LogP contribution in [0.2, 0.25) is 0 Å². The number of aryl methyl sites for hydroxylation is 2. The second-order valence-electron chi connectivity index (χ2n) is 5.36. The van der Waals surface area contributed by atoms with Crippen molar-refractivity contribution in [2.24, 2.45) is 0 Å². The van der Waals surface area contributed by atoms with E-state index in [-0.39, 0.29) is 5.91 Å². The van der Waals surface area contributed by atoms with E-state index in [1.54, 1.807) is 12.4 Å². The van der Waals surface area contributed by atoms with Gasteiger partial charge in [0.1, 0.15) is 17.8 Å². The van der Waals surface area contributed by atoms with Crippen molar-refractivity contribution in [1.29, 1.82) is 0 Å². The molecule has 2 N–H and O–H groups in total. The Bertz CT molecular complexity index is 802. The number of nitrogens with one attached hydrogen (secondary N) is 2. The first kappa shape index (κ1) is 15.0. The fraction of sp³-hybridized carbons (Fsp3) is 0.250. The minimum atomic E-state index is -0.179. The molecule has 0 saturated carbocycles. The number of carbonyl (C=O) groups is 1. The number of hydrogen-bond donors (Lipinski definition) is 2. The van der Waals surface area contributed by atoms with Crippen molar-refractivity contribution in [2.45, 2.75) is 20.4 Å². The molecule has 1 aromatic carbocycles. The summed E-state index contributed by atoms with van der Waals surface area (Å²) in [5.74, 6) is 0.643. The average Bonchev–Trinajstić information content (AvgIpc) is 3.18. The quantitative estimate of drug-likeness (QED) is 0.751. The van der Waals surface area contributed by atoms with Crippen molar-refractivity contribution in [3.05, 3.63) is 53.7 Å². The molecule has 0 atom stereocenters. The SMILES string of the molecule is Cc1ccc(-c2cc(C(=O)NCCn3cnnc3C)[nH]n2)cc1. The van der Waals surface area contributed by atoms with E-state index in [0.29, 0.717) is 18.8 Å². The zero-order valence-corrected chi connectivity index (χ0v) is 13.1. The van der Waals surface area contributed by atoms with Crippen LogP contribution in [0.4, 0.5) is 0 Å². The summed E-state index contributed by atoms with van der Waals surface area (Å²) in [6.45, 7) is 5.03. The average molecular weight is 310 g/mol. The van der Waals surface area contributed by atoms with Gasteiger partial charge in [-0.1, -0.05) is 29.8 Å². The van der Waals surface area contributed by atoms with Gasteiger partial charge in [0, 0.05) is 18.7 Å². The van der Waals surface area contributed by atoms with Crippen LogP contribution in [0.1, 0.15) is 21.9 Å². The van der Waals surface area contributed by atoms with E-state index < -0.39 is 0 Å². The number of amides is 1. The number of rotatable bonds is 5. The molecule has 0 aliphatic carbocycles. The summed E-state index contributed by atoms with van der Waals surface area (Å²) < 4.78 is 1.88. The molecule has 2 heterocycles. The molecular weight excluding hydrogens is 292 g/mol. The molecule has 0 bridgehead atoms. The Morgan fingerprint density at radius 1 is 1.26 bits per heavy atom. The molecule has 0 unspecified atom stereocenters. The predicted molar refractivity (Wildman–Crippen MR) is 85.9 cm³/mol. The molecule has 23 heavy (non-hydrogen) atoms. The standard InChI is InChI=1S/C16H18N6O/c1-11-3-5-13(6-4-11)14-9-15(21-20-14)16(23)17-7-8-22-10-18-19-12(22)2/h3-6,9-10H,7-8H2,1-2H3,(H,17,23)(H,20,21). The van der Waals surface area contributed by atoms with Gasteiger partial charge in [-0.3, -0.25) is 9.89 Å². The number of aromatic nitrogens is 5. The van der Waals surface area contributed by atoms with Gasteiger partial charge in [-0.15, -0.1) is 10.2 Å². The van der Waals surface area contributed by atoms with Crippen LogP contribution >= 0.6 is 0 Å². The third-order valence-electron chi connectivity index (χ3n) is 3.62. The van der Waals surface area contributed by atoms with Crippen molar-refractivity contribution in [3.63, 3.8) is 0 Å². The molecule has 2 aromatic heterocycles. The van der Waals surface area contributed by atoms with Crippen LogP contribution in [0.25, 0.3) is 11.3 Å². The highest BCUT2D eigenvalue weighted by molar-refractivity contribution is 5.93. The predicted octanol–water partition coefficient (Wildman–Crippen LogP) is 1.72. The normalized spacial score (nSPS) is 10.7. The van der Waals surface area contributed by atoms with Crippen molar-refractivity contribution >= 4 is 5.91 Å². The summed E-state index contributed by atoms with van der Waals surface area (Å²) in [4.78, 5) is 12.1. The maximum Gasteiger partial charge on any atom is 0.269 e. The zero-order valence-electron chi connectivity index (χ0n) is 13.1. The first-order valence-corrected chi connectivity index (χ1v) is 7.38. The highest BCUT2D eigenvalue weighted by atomic mass is 16.1. The van der Waals surface area contributed by atoms with E-state index >= 15 is 0 Å². The fourth-order valence-corrected chi connectivity index (χ4v) is 2.23. The summed E-state index contributed by atoms with van der Waals surface area (Å²) in [6, 6.07) is 9.77. The van der Waals surface area contributed by atoms with Crippen LogP contribution < -0.4 is 5.32 Å². The second-order valence-corrected chi connectivity index (χ2v) is 5.36. The van der Waals surface area contributed by atoms with E-state index in [1.165, 1.54) is 5.56 Å². The van der Waals surface area contributed by atoms with Crippen LogP contribution in [0.15, 0.2) is 36.7 Å². The minimum absolute atomic E-state index is 0.179. The van der Waals surface area contributed by atoms with E-state index in [4.69, 9.17) is 0 Å². The number of H-pyrrole nitrogens is 1. The summed E-state index contributed by atoms with van der Waals surface area (Å²) in [6.07, 6.45) is 1.65. The maximum atomic E-state index is 12.1. The molecule has 3 rings (SSSR count). The molecule has 118 valence electrons. The number of benzene rings is 1. The number of aromatic amines is 1. The number of nitrogens with zero attached hydrogens (tertiary/aromatic N) is 4. The van der Waals surface area contributed by atoms with Gasteiger partial charge in [0.05, 0.1) is 5.69 Å². The molecule has 0 aliphatic heterocycles. The molecule has 0 radical (unpaired) electrons. The molecule has 1 amide bonds. The Labute approximate surface area is 133 Å². The molecular formula is C16H18N6O. The van der Waals surface area contributed by atoms with E-state index in [1.807, 2.05) is 42.7 Å². The Kier molecular flexibility index (Phi) is 4.18. The lowest BCUT2D eigenvalue weighted by Gasteiger charge is -2.05. The molecule has 3 aromatic rings. The Morgan fingerprint density at radius 3 is 2.74 bits per heavy atom. The highest BCUT2D eigenvalue weighted by Crippen LogP contribution is 2.18. The first-order chi connectivity index (χ1) is 11.1. The van der Waals surface area contributed by atoms with Crippen molar-refractivity contribution in [2.75, 3.05) is 6.54 Å².